The molecule has 0 atom stereocenters. The summed E-state index contributed by atoms with van der Waals surface area (Å²) in [6, 6.07) is 28.6. The van der Waals surface area contributed by atoms with Crippen LogP contribution in [0.5, 0.6) is 17.2 Å². The number of ether oxygens (including phenoxy) is 2. The van der Waals surface area contributed by atoms with Crippen molar-refractivity contribution in [3.8, 4) is 28.5 Å². The Morgan fingerprint density at radius 2 is 1.60 bits per heavy atom. The van der Waals surface area contributed by atoms with Crippen LogP contribution < -0.4 is 14.8 Å². The molecule has 8 nitrogen and oxygen atoms in total. The summed E-state index contributed by atoms with van der Waals surface area (Å²) in [4.78, 5) is 20.7. The smallest absolute Gasteiger partial charge is 0.270 e. The van der Waals surface area contributed by atoms with Crippen LogP contribution in [0.15, 0.2) is 91.0 Å². The van der Waals surface area contributed by atoms with Gasteiger partial charge in [-0.2, -0.15) is 0 Å². The average molecular weight is 542 g/mol. The Labute approximate surface area is 234 Å². The fourth-order valence-corrected chi connectivity index (χ4v) is 5.22. The van der Waals surface area contributed by atoms with Gasteiger partial charge in [0.05, 0.1) is 25.5 Å². The molecule has 208 valence electrons. The lowest BCUT2D eigenvalue weighted by Crippen LogP contribution is -2.53. The van der Waals surface area contributed by atoms with E-state index < -0.39 is 5.54 Å². The van der Waals surface area contributed by atoms with E-state index in [1.165, 1.54) is 0 Å². The number of carbonyl (C=O) groups is 1. The van der Waals surface area contributed by atoms with Gasteiger partial charge >= 0.3 is 0 Å². The van der Waals surface area contributed by atoms with Gasteiger partial charge < -0.3 is 25.4 Å². The van der Waals surface area contributed by atoms with Crippen molar-refractivity contribution in [1.29, 1.82) is 0 Å². The number of nitrogens with one attached hydrogen (secondary N) is 1. The first-order valence-electron chi connectivity index (χ1n) is 13.1. The number of aromatic hydroxyl groups is 1. The Morgan fingerprint density at radius 1 is 0.900 bits per heavy atom. The maximum absolute atomic E-state index is 13.7. The van der Waals surface area contributed by atoms with Gasteiger partial charge in [0.25, 0.3) is 5.91 Å². The number of nitrogens with zero attached hydrogens (tertiary/aromatic N) is 2. The van der Waals surface area contributed by atoms with Gasteiger partial charge in [-0.15, -0.1) is 0 Å². The maximum Gasteiger partial charge on any atom is 0.270 e. The molecule has 1 aromatic heterocycles. The lowest BCUT2D eigenvalue weighted by Gasteiger charge is -2.43. The predicted molar refractivity (Wildman–Crippen MR) is 155 cm³/mol. The summed E-state index contributed by atoms with van der Waals surface area (Å²) in [5.74, 6) is 1.33. The Balaban J connectivity index is 0.00000370. The minimum atomic E-state index is -0.519. The lowest BCUT2D eigenvalue weighted by molar-refractivity contribution is 0.0789. The van der Waals surface area contributed by atoms with E-state index in [1.807, 2.05) is 66.7 Å². The number of phenols is 1. The number of pyridine rings is 1. The highest BCUT2D eigenvalue weighted by Crippen LogP contribution is 2.35. The molecule has 8 heteroatoms. The first kappa shape index (κ1) is 28.6. The molecule has 0 bridgehead atoms. The maximum atomic E-state index is 13.7. The number of benzene rings is 3. The van der Waals surface area contributed by atoms with E-state index in [-0.39, 0.29) is 11.4 Å². The minimum Gasteiger partial charge on any atom is -0.508 e. The SMILES string of the molecule is COc1ccc(-c2cccc(C(=O)NC3(c4ccccc4)CCN(Cc4ccccc4O)CC3)n2)cc1OC.O. The number of methoxy groups -OCH3 is 2. The van der Waals surface area contributed by atoms with E-state index >= 15 is 0 Å². The Bertz CT molecular complexity index is 1440. The standard InChI is InChI=1S/C32H33N3O4.H2O/c1-38-29-16-15-23(21-30(29)39-2)26-12-8-13-27(33-26)31(37)34-32(25-10-4-3-5-11-25)17-19-35(20-18-32)22-24-9-6-7-14-28(24)36;/h3-16,21,36H,17-20,22H2,1-2H3,(H,34,37);1H2. The zero-order valence-electron chi connectivity index (χ0n) is 22.8. The molecule has 3 aromatic carbocycles. The third kappa shape index (κ3) is 6.09. The Morgan fingerprint density at radius 3 is 2.30 bits per heavy atom. The van der Waals surface area contributed by atoms with E-state index in [9.17, 15) is 9.90 Å². The lowest BCUT2D eigenvalue weighted by atomic mass is 9.80. The molecule has 5 rings (SSSR count). The summed E-state index contributed by atoms with van der Waals surface area (Å²) in [6.07, 6.45) is 1.48. The van der Waals surface area contributed by atoms with Crippen LogP contribution in [-0.4, -0.2) is 53.7 Å². The van der Waals surface area contributed by atoms with Gasteiger partial charge in [-0.05, 0) is 54.8 Å². The summed E-state index contributed by atoms with van der Waals surface area (Å²) in [5.41, 5.74) is 3.33. The number of likely N-dealkylation sites (tertiary alicyclic amines) is 1. The summed E-state index contributed by atoms with van der Waals surface area (Å²) < 4.78 is 10.8. The molecule has 0 radical (unpaired) electrons. The van der Waals surface area contributed by atoms with Crippen LogP contribution in [0.1, 0.15) is 34.5 Å². The van der Waals surface area contributed by atoms with E-state index in [4.69, 9.17) is 14.5 Å². The first-order chi connectivity index (χ1) is 19.0. The minimum absolute atomic E-state index is 0. The molecule has 0 unspecified atom stereocenters. The molecular formula is C32H35N3O5. The number of hydrogen-bond acceptors (Lipinski definition) is 6. The second-order valence-corrected chi connectivity index (χ2v) is 9.78. The highest BCUT2D eigenvalue weighted by atomic mass is 16.5. The van der Waals surface area contributed by atoms with Crippen molar-refractivity contribution in [2.24, 2.45) is 0 Å². The van der Waals surface area contributed by atoms with Crippen molar-refractivity contribution in [2.75, 3.05) is 27.3 Å². The predicted octanol–water partition coefficient (Wildman–Crippen LogP) is 4.57. The molecule has 2 heterocycles. The zero-order chi connectivity index (χ0) is 27.2. The molecule has 1 fully saturated rings. The van der Waals surface area contributed by atoms with E-state index in [0.717, 1.165) is 42.6 Å². The zero-order valence-corrected chi connectivity index (χ0v) is 22.8. The van der Waals surface area contributed by atoms with Gasteiger partial charge in [-0.3, -0.25) is 9.69 Å². The van der Waals surface area contributed by atoms with Gasteiger partial charge in [0.15, 0.2) is 11.5 Å². The highest BCUT2D eigenvalue weighted by molar-refractivity contribution is 5.93. The molecule has 0 spiro atoms. The monoisotopic (exact) mass is 541 g/mol. The molecule has 1 saturated heterocycles. The van der Waals surface area contributed by atoms with Gasteiger partial charge in [-0.1, -0.05) is 54.6 Å². The molecule has 0 aliphatic carbocycles. The van der Waals surface area contributed by atoms with Crippen LogP contribution >= 0.6 is 0 Å². The van der Waals surface area contributed by atoms with E-state index in [2.05, 4.69) is 22.3 Å². The largest absolute Gasteiger partial charge is 0.508 e. The van der Waals surface area contributed by atoms with Crippen LogP contribution in [0.3, 0.4) is 0 Å². The van der Waals surface area contributed by atoms with Crippen molar-refractivity contribution >= 4 is 5.91 Å². The van der Waals surface area contributed by atoms with Crippen molar-refractivity contribution in [3.05, 3.63) is 108 Å². The van der Waals surface area contributed by atoms with Crippen LogP contribution in [0.4, 0.5) is 0 Å². The number of carbonyl (C=O) groups excluding carboxylic acids is 1. The van der Waals surface area contributed by atoms with Crippen LogP contribution in [0.25, 0.3) is 11.3 Å². The topological polar surface area (TPSA) is 115 Å². The number of para-hydroxylation sites is 1. The number of phenolic OH excluding ortho intramolecular Hbond substituents is 1. The summed E-state index contributed by atoms with van der Waals surface area (Å²) in [7, 11) is 3.19. The quantitative estimate of drug-likeness (QED) is 0.338. The van der Waals surface area contributed by atoms with Crippen molar-refractivity contribution in [1.82, 2.24) is 15.2 Å². The summed E-state index contributed by atoms with van der Waals surface area (Å²) >= 11 is 0. The van der Waals surface area contributed by atoms with E-state index in [0.29, 0.717) is 35.2 Å². The molecule has 0 saturated carbocycles. The number of amides is 1. The highest BCUT2D eigenvalue weighted by Gasteiger charge is 2.38. The summed E-state index contributed by atoms with van der Waals surface area (Å²) in [5, 5.41) is 13.6. The van der Waals surface area contributed by atoms with Gasteiger partial charge in [0.2, 0.25) is 0 Å². The Hall–Kier alpha value is -4.40. The molecule has 1 aliphatic heterocycles. The van der Waals surface area contributed by atoms with Crippen LogP contribution in [0, 0.1) is 0 Å². The Kier molecular flexibility index (Phi) is 9.04. The number of rotatable bonds is 8. The van der Waals surface area contributed by atoms with Crippen molar-refractivity contribution in [3.63, 3.8) is 0 Å². The number of aromatic nitrogens is 1. The van der Waals surface area contributed by atoms with Crippen molar-refractivity contribution in [2.45, 2.75) is 24.9 Å². The van der Waals surface area contributed by atoms with Crippen LogP contribution in [0.2, 0.25) is 0 Å². The van der Waals surface area contributed by atoms with Gasteiger partial charge in [0.1, 0.15) is 11.4 Å². The molecular weight excluding hydrogens is 506 g/mol. The molecule has 4 N–H and O–H groups in total. The third-order valence-electron chi connectivity index (χ3n) is 7.44. The van der Waals surface area contributed by atoms with Gasteiger partial charge in [0, 0.05) is 30.8 Å². The molecule has 1 amide bonds. The third-order valence-corrected chi connectivity index (χ3v) is 7.44. The summed E-state index contributed by atoms with van der Waals surface area (Å²) in [6.45, 7) is 2.23. The first-order valence-corrected chi connectivity index (χ1v) is 13.1. The molecule has 1 aliphatic rings. The average Bonchev–Trinajstić information content (AvgIpc) is 2.99. The number of hydrogen-bond donors (Lipinski definition) is 2. The second-order valence-electron chi connectivity index (χ2n) is 9.78. The van der Waals surface area contributed by atoms with Crippen molar-refractivity contribution < 1.29 is 24.9 Å². The normalized spacial score (nSPS) is 14.6. The van der Waals surface area contributed by atoms with Crippen LogP contribution in [-0.2, 0) is 12.1 Å². The van der Waals surface area contributed by atoms with E-state index in [1.54, 1.807) is 26.4 Å². The number of piperidine rings is 1. The fourth-order valence-electron chi connectivity index (χ4n) is 5.22. The molecule has 40 heavy (non-hydrogen) atoms. The fraction of sp³-hybridized carbons (Fsp3) is 0.250. The van der Waals surface area contributed by atoms with Gasteiger partial charge in [-0.25, -0.2) is 4.98 Å². The second kappa shape index (κ2) is 12.6. The molecule has 4 aromatic rings.